The van der Waals surface area contributed by atoms with E-state index in [1.54, 1.807) is 0 Å². The molecule has 0 aromatic heterocycles. The van der Waals surface area contributed by atoms with Crippen molar-refractivity contribution in [3.8, 4) is 0 Å². The van der Waals surface area contributed by atoms with E-state index in [1.165, 1.54) is 18.2 Å². The van der Waals surface area contributed by atoms with Crippen molar-refractivity contribution in [1.82, 2.24) is 4.47 Å². The van der Waals surface area contributed by atoms with Gasteiger partial charge in [0.15, 0.2) is 0 Å². The number of sulfonamides is 1. The molecule has 0 saturated heterocycles. The second-order valence-corrected chi connectivity index (χ2v) is 5.35. The van der Waals surface area contributed by atoms with Crippen LogP contribution in [0.5, 0.6) is 0 Å². The fraction of sp³-hybridized carbons (Fsp3) is 0. The van der Waals surface area contributed by atoms with Crippen molar-refractivity contribution in [3.63, 3.8) is 0 Å². The van der Waals surface area contributed by atoms with Crippen LogP contribution in [-0.2, 0) is 10.0 Å². The third-order valence-corrected chi connectivity index (χ3v) is 3.88. The van der Waals surface area contributed by atoms with Gasteiger partial charge in [-0.25, -0.2) is 0 Å². The van der Waals surface area contributed by atoms with E-state index in [9.17, 15) is 13.2 Å². The first-order chi connectivity index (χ1) is 6.44. The van der Waals surface area contributed by atoms with Crippen LogP contribution in [0.2, 0.25) is 0 Å². The first-order valence-electron chi connectivity index (χ1n) is 3.52. The Kier molecular flexibility index (Phi) is 1.91. The van der Waals surface area contributed by atoms with Crippen molar-refractivity contribution in [2.75, 3.05) is 0 Å². The maximum absolute atomic E-state index is 11.3. The van der Waals surface area contributed by atoms with E-state index in [4.69, 9.17) is 5.21 Å². The van der Waals surface area contributed by atoms with E-state index in [0.29, 0.717) is 4.47 Å². The summed E-state index contributed by atoms with van der Waals surface area (Å²) in [5, 5.41) is 9.02. The third-order valence-electron chi connectivity index (χ3n) is 1.85. The van der Waals surface area contributed by atoms with Crippen LogP contribution in [0.25, 0.3) is 0 Å². The van der Waals surface area contributed by atoms with Crippen molar-refractivity contribution in [2.45, 2.75) is 4.90 Å². The summed E-state index contributed by atoms with van der Waals surface area (Å²) in [6, 6.07) is 4.11. The highest BCUT2D eigenvalue weighted by molar-refractivity contribution is 9.10. The molecule has 1 aromatic rings. The molecule has 1 aromatic carbocycles. The molecule has 1 aliphatic rings. The van der Waals surface area contributed by atoms with Crippen LogP contribution in [0, 0.1) is 0 Å². The zero-order valence-corrected chi connectivity index (χ0v) is 9.04. The fourth-order valence-electron chi connectivity index (χ4n) is 1.20. The van der Waals surface area contributed by atoms with Gasteiger partial charge in [0, 0.05) is 4.47 Å². The van der Waals surface area contributed by atoms with Crippen molar-refractivity contribution in [2.24, 2.45) is 0 Å². The molecule has 0 aliphatic carbocycles. The van der Waals surface area contributed by atoms with Gasteiger partial charge in [0.2, 0.25) is 0 Å². The summed E-state index contributed by atoms with van der Waals surface area (Å²) in [4.78, 5) is 11.1. The largest absolute Gasteiger partial charge is 0.293 e. The number of amides is 1. The van der Waals surface area contributed by atoms with Crippen LogP contribution in [0.1, 0.15) is 10.4 Å². The molecule has 14 heavy (non-hydrogen) atoms. The normalized spacial score (nSPS) is 18.4. The number of nitrogens with zero attached hydrogens (tertiary/aromatic N) is 1. The van der Waals surface area contributed by atoms with Crippen LogP contribution in [0.15, 0.2) is 27.6 Å². The number of fused-ring (bicyclic) bond motifs is 1. The Morgan fingerprint density at radius 1 is 1.36 bits per heavy atom. The number of carbonyl (C=O) groups is 1. The van der Waals surface area contributed by atoms with Crippen LogP contribution in [0.3, 0.4) is 0 Å². The van der Waals surface area contributed by atoms with Gasteiger partial charge in [-0.3, -0.25) is 10.0 Å². The Morgan fingerprint density at radius 3 is 2.64 bits per heavy atom. The van der Waals surface area contributed by atoms with Gasteiger partial charge in [0.1, 0.15) is 4.90 Å². The minimum atomic E-state index is -4.03. The summed E-state index contributed by atoms with van der Waals surface area (Å²) in [5.41, 5.74) is -0.0260. The number of halogens is 1. The molecule has 1 aliphatic heterocycles. The molecule has 0 atom stereocenters. The van der Waals surface area contributed by atoms with Crippen LogP contribution in [-0.4, -0.2) is 24.0 Å². The molecule has 0 spiro atoms. The van der Waals surface area contributed by atoms with Gasteiger partial charge in [0.05, 0.1) is 5.56 Å². The maximum atomic E-state index is 11.3. The van der Waals surface area contributed by atoms with E-state index in [0.717, 1.165) is 0 Å². The summed E-state index contributed by atoms with van der Waals surface area (Å²) < 4.78 is 23.0. The Balaban J connectivity index is 2.81. The smallest absolute Gasteiger partial charge is 0.271 e. The van der Waals surface area contributed by atoms with E-state index >= 15 is 0 Å². The second kappa shape index (κ2) is 2.78. The van der Waals surface area contributed by atoms with Gasteiger partial charge in [-0.05, 0) is 18.2 Å². The van der Waals surface area contributed by atoms with Gasteiger partial charge in [-0.1, -0.05) is 15.9 Å². The van der Waals surface area contributed by atoms with Gasteiger partial charge in [0.25, 0.3) is 15.9 Å². The predicted octanol–water partition coefficient (Wildman–Crippen LogP) is 0.983. The minimum Gasteiger partial charge on any atom is -0.271 e. The summed E-state index contributed by atoms with van der Waals surface area (Å²) in [6.45, 7) is 0. The van der Waals surface area contributed by atoms with Crippen LogP contribution < -0.4 is 0 Å². The predicted molar refractivity (Wildman–Crippen MR) is 49.3 cm³/mol. The molecule has 0 fully saturated rings. The maximum Gasteiger partial charge on any atom is 0.293 e. The van der Waals surface area contributed by atoms with Crippen molar-refractivity contribution in [1.29, 1.82) is 0 Å². The molecule has 1 heterocycles. The average molecular weight is 278 g/mol. The minimum absolute atomic E-state index is 0.0260. The first-order valence-corrected chi connectivity index (χ1v) is 5.76. The standard InChI is InChI=1S/C7H4BrNO4S/c8-4-1-2-6-5(3-4)7(10)9(11)14(6,12)13/h1-3,11H. The quantitative estimate of drug-likeness (QED) is 0.718. The molecule has 0 saturated carbocycles. The molecule has 7 heteroatoms. The molecule has 5 nitrogen and oxygen atoms in total. The Morgan fingerprint density at radius 2 is 2.00 bits per heavy atom. The molecule has 2 rings (SSSR count). The topological polar surface area (TPSA) is 74.7 Å². The highest BCUT2D eigenvalue weighted by Gasteiger charge is 2.40. The van der Waals surface area contributed by atoms with Crippen LogP contribution in [0.4, 0.5) is 0 Å². The van der Waals surface area contributed by atoms with E-state index < -0.39 is 15.9 Å². The zero-order chi connectivity index (χ0) is 10.5. The second-order valence-electron chi connectivity index (χ2n) is 2.69. The van der Waals surface area contributed by atoms with E-state index in [-0.39, 0.29) is 14.9 Å². The third kappa shape index (κ3) is 1.09. The lowest BCUT2D eigenvalue weighted by atomic mass is 10.2. The number of hydrogen-bond donors (Lipinski definition) is 1. The molecule has 0 unspecified atom stereocenters. The lowest BCUT2D eigenvalue weighted by Gasteiger charge is -2.02. The zero-order valence-electron chi connectivity index (χ0n) is 6.64. The monoisotopic (exact) mass is 277 g/mol. The van der Waals surface area contributed by atoms with Gasteiger partial charge in [-0.2, -0.15) is 8.42 Å². The summed E-state index contributed by atoms with van der Waals surface area (Å²) in [7, 11) is -4.03. The molecule has 1 N–H and O–H groups in total. The Hall–Kier alpha value is -0.920. The number of hydroxylamine groups is 1. The molecule has 0 radical (unpaired) electrons. The van der Waals surface area contributed by atoms with Gasteiger partial charge >= 0.3 is 0 Å². The number of rotatable bonds is 0. The van der Waals surface area contributed by atoms with Crippen molar-refractivity contribution < 1.29 is 18.4 Å². The Labute approximate surface area is 88.1 Å². The van der Waals surface area contributed by atoms with E-state index in [2.05, 4.69) is 15.9 Å². The molecule has 74 valence electrons. The first kappa shape index (κ1) is 9.63. The lowest BCUT2D eigenvalue weighted by Crippen LogP contribution is -2.25. The molecule has 0 bridgehead atoms. The van der Waals surface area contributed by atoms with Crippen LogP contribution >= 0.6 is 15.9 Å². The molecular weight excluding hydrogens is 274 g/mol. The Bertz CT molecular complexity index is 524. The van der Waals surface area contributed by atoms with Crippen molar-refractivity contribution >= 4 is 31.9 Å². The fourth-order valence-corrected chi connectivity index (χ4v) is 2.73. The average Bonchev–Trinajstić information content (AvgIpc) is 2.28. The van der Waals surface area contributed by atoms with E-state index in [1.807, 2.05) is 0 Å². The summed E-state index contributed by atoms with van der Waals surface area (Å²) in [6.07, 6.45) is 0. The number of benzene rings is 1. The van der Waals surface area contributed by atoms with Gasteiger partial charge in [-0.15, -0.1) is 4.47 Å². The summed E-state index contributed by atoms with van der Waals surface area (Å²) >= 11 is 3.10. The number of hydrogen-bond acceptors (Lipinski definition) is 4. The highest BCUT2D eigenvalue weighted by Crippen LogP contribution is 2.30. The SMILES string of the molecule is O=C1c2cc(Br)ccc2S(=O)(=O)N1O. The molecule has 1 amide bonds. The summed E-state index contributed by atoms with van der Waals surface area (Å²) in [5.74, 6) is -0.929. The lowest BCUT2D eigenvalue weighted by molar-refractivity contribution is 0.0111. The highest BCUT2D eigenvalue weighted by atomic mass is 79.9. The number of carbonyl (C=O) groups excluding carboxylic acids is 1. The molecular formula is C7H4BrNO4S. The van der Waals surface area contributed by atoms with Gasteiger partial charge < -0.3 is 0 Å². The van der Waals surface area contributed by atoms with Crippen molar-refractivity contribution in [3.05, 3.63) is 28.2 Å².